The summed E-state index contributed by atoms with van der Waals surface area (Å²) < 4.78 is 0. The van der Waals surface area contributed by atoms with Gasteiger partial charge in [0.25, 0.3) is 0 Å². The number of carboxylic acid groups (broad SMARTS) is 1. The van der Waals surface area contributed by atoms with Crippen LogP contribution >= 0.6 is 0 Å². The van der Waals surface area contributed by atoms with Gasteiger partial charge in [0.15, 0.2) is 5.66 Å². The normalized spacial score (nSPS) is 19.7. The Balaban J connectivity index is 2.68. The third-order valence-corrected chi connectivity index (χ3v) is 1.28. The standard InChI is InChI=1S/C7H8N2O2/c1-7(3-2-6(10)11)8-4-5-9-7/h2-5H,1H3,(H,10,11). The van der Waals surface area contributed by atoms with E-state index in [1.807, 2.05) is 0 Å². The van der Waals surface area contributed by atoms with Gasteiger partial charge in [-0.1, -0.05) is 0 Å². The maximum Gasteiger partial charge on any atom is 0.328 e. The SMILES string of the molecule is CC1(C=CC(=O)O)N=CC=N1. The first-order chi connectivity index (χ1) is 5.12. The fraction of sp³-hybridized carbons (Fsp3) is 0.286. The lowest BCUT2D eigenvalue weighted by atomic mass is 10.2. The van der Waals surface area contributed by atoms with E-state index < -0.39 is 11.6 Å². The van der Waals surface area contributed by atoms with Crippen molar-refractivity contribution in [3.05, 3.63) is 12.2 Å². The van der Waals surface area contributed by atoms with E-state index in [0.717, 1.165) is 6.08 Å². The van der Waals surface area contributed by atoms with Crippen molar-refractivity contribution >= 4 is 18.4 Å². The van der Waals surface area contributed by atoms with Gasteiger partial charge >= 0.3 is 5.97 Å². The van der Waals surface area contributed by atoms with Crippen LogP contribution in [-0.4, -0.2) is 29.2 Å². The molecular formula is C7H8N2O2. The predicted octanol–water partition coefficient (Wildman–Crippen LogP) is 0.499. The summed E-state index contributed by atoms with van der Waals surface area (Å²) >= 11 is 0. The first-order valence-corrected chi connectivity index (χ1v) is 3.14. The van der Waals surface area contributed by atoms with Crippen molar-refractivity contribution in [3.63, 3.8) is 0 Å². The highest BCUT2D eigenvalue weighted by atomic mass is 16.4. The van der Waals surface area contributed by atoms with Gasteiger partial charge in [-0.2, -0.15) is 0 Å². The molecular weight excluding hydrogens is 144 g/mol. The summed E-state index contributed by atoms with van der Waals surface area (Å²) in [5.74, 6) is -0.983. The van der Waals surface area contributed by atoms with Gasteiger partial charge in [-0.15, -0.1) is 0 Å². The largest absolute Gasteiger partial charge is 0.478 e. The predicted molar refractivity (Wildman–Crippen MR) is 42.2 cm³/mol. The molecule has 0 fully saturated rings. The smallest absolute Gasteiger partial charge is 0.328 e. The molecule has 0 saturated carbocycles. The Morgan fingerprint density at radius 2 is 2.09 bits per heavy atom. The Bertz CT molecular complexity index is 241. The van der Waals surface area contributed by atoms with Crippen LogP contribution in [0.1, 0.15) is 6.92 Å². The molecule has 0 aromatic rings. The molecule has 58 valence electrons. The highest BCUT2D eigenvalue weighted by Gasteiger charge is 2.18. The van der Waals surface area contributed by atoms with E-state index in [-0.39, 0.29) is 0 Å². The van der Waals surface area contributed by atoms with Crippen LogP contribution in [0.5, 0.6) is 0 Å². The molecule has 11 heavy (non-hydrogen) atoms. The van der Waals surface area contributed by atoms with Crippen LogP contribution in [0, 0.1) is 0 Å². The molecule has 0 saturated heterocycles. The molecule has 0 radical (unpaired) electrons. The van der Waals surface area contributed by atoms with Gasteiger partial charge in [0.1, 0.15) is 0 Å². The zero-order valence-corrected chi connectivity index (χ0v) is 6.06. The number of aliphatic imine (C=N–C) groups is 2. The number of carboxylic acids is 1. The molecule has 1 aliphatic rings. The maximum absolute atomic E-state index is 10.1. The summed E-state index contributed by atoms with van der Waals surface area (Å²) in [7, 11) is 0. The van der Waals surface area contributed by atoms with Crippen LogP contribution in [0.3, 0.4) is 0 Å². The van der Waals surface area contributed by atoms with Crippen LogP contribution < -0.4 is 0 Å². The second-order valence-corrected chi connectivity index (χ2v) is 2.32. The lowest BCUT2D eigenvalue weighted by Crippen LogP contribution is -2.12. The second-order valence-electron chi connectivity index (χ2n) is 2.32. The summed E-state index contributed by atoms with van der Waals surface area (Å²) in [6.07, 6.45) is 5.58. The zero-order chi connectivity index (χ0) is 8.32. The van der Waals surface area contributed by atoms with E-state index in [1.54, 1.807) is 19.4 Å². The topological polar surface area (TPSA) is 62.0 Å². The van der Waals surface area contributed by atoms with Crippen molar-refractivity contribution in [1.82, 2.24) is 0 Å². The molecule has 0 bridgehead atoms. The molecule has 0 unspecified atom stereocenters. The number of rotatable bonds is 2. The van der Waals surface area contributed by atoms with Crippen molar-refractivity contribution in [2.75, 3.05) is 0 Å². The van der Waals surface area contributed by atoms with Crippen LogP contribution in [-0.2, 0) is 4.79 Å². The monoisotopic (exact) mass is 152 g/mol. The number of nitrogens with zero attached hydrogens (tertiary/aromatic N) is 2. The molecule has 0 atom stereocenters. The van der Waals surface area contributed by atoms with E-state index in [2.05, 4.69) is 9.98 Å². The fourth-order valence-corrected chi connectivity index (χ4v) is 0.717. The third-order valence-electron chi connectivity index (χ3n) is 1.28. The molecule has 0 amide bonds. The van der Waals surface area contributed by atoms with Gasteiger partial charge in [-0.25, -0.2) is 4.79 Å². The molecule has 1 rings (SSSR count). The third kappa shape index (κ3) is 2.00. The first kappa shape index (κ1) is 7.65. The second kappa shape index (κ2) is 2.65. The molecule has 0 spiro atoms. The zero-order valence-electron chi connectivity index (χ0n) is 6.06. The molecule has 1 heterocycles. The molecule has 4 heteroatoms. The van der Waals surface area contributed by atoms with Crippen LogP contribution in [0.4, 0.5) is 0 Å². The minimum Gasteiger partial charge on any atom is -0.478 e. The van der Waals surface area contributed by atoms with Gasteiger partial charge in [0.05, 0.1) is 0 Å². The van der Waals surface area contributed by atoms with Gasteiger partial charge in [-0.05, 0) is 13.0 Å². The first-order valence-electron chi connectivity index (χ1n) is 3.14. The summed E-state index contributed by atoms with van der Waals surface area (Å²) in [5, 5.41) is 8.30. The minimum atomic E-state index is -0.983. The molecule has 0 aromatic heterocycles. The number of hydrogen-bond acceptors (Lipinski definition) is 3. The summed E-state index contributed by atoms with van der Waals surface area (Å²) in [6, 6.07) is 0. The van der Waals surface area contributed by atoms with E-state index in [9.17, 15) is 4.79 Å². The van der Waals surface area contributed by atoms with Crippen molar-refractivity contribution < 1.29 is 9.90 Å². The average Bonchev–Trinajstić information content (AvgIpc) is 2.33. The Kier molecular flexibility index (Phi) is 1.85. The van der Waals surface area contributed by atoms with Crippen LogP contribution in [0.15, 0.2) is 22.1 Å². The average molecular weight is 152 g/mol. The highest BCUT2D eigenvalue weighted by molar-refractivity contribution is 6.17. The quantitative estimate of drug-likeness (QED) is 0.585. The van der Waals surface area contributed by atoms with E-state index in [0.29, 0.717) is 0 Å². The Morgan fingerprint density at radius 3 is 2.55 bits per heavy atom. The fourth-order valence-electron chi connectivity index (χ4n) is 0.717. The molecule has 1 N–H and O–H groups in total. The Hall–Kier alpha value is -1.45. The summed E-state index contributed by atoms with van der Waals surface area (Å²) in [6.45, 7) is 1.73. The lowest BCUT2D eigenvalue weighted by molar-refractivity contribution is -0.131. The van der Waals surface area contributed by atoms with E-state index in [1.165, 1.54) is 6.08 Å². The van der Waals surface area contributed by atoms with Crippen molar-refractivity contribution in [1.29, 1.82) is 0 Å². The van der Waals surface area contributed by atoms with E-state index in [4.69, 9.17) is 5.11 Å². The van der Waals surface area contributed by atoms with Gasteiger partial charge in [0, 0.05) is 18.5 Å². The van der Waals surface area contributed by atoms with Gasteiger partial charge in [-0.3, -0.25) is 9.98 Å². The number of hydrogen-bond donors (Lipinski definition) is 1. The van der Waals surface area contributed by atoms with Gasteiger partial charge in [0.2, 0.25) is 0 Å². The summed E-state index contributed by atoms with van der Waals surface area (Å²) in [5.41, 5.74) is -0.696. The summed E-state index contributed by atoms with van der Waals surface area (Å²) in [4.78, 5) is 18.0. The maximum atomic E-state index is 10.1. The molecule has 4 nitrogen and oxygen atoms in total. The van der Waals surface area contributed by atoms with E-state index >= 15 is 0 Å². The molecule has 0 aliphatic carbocycles. The van der Waals surface area contributed by atoms with Crippen LogP contribution in [0.2, 0.25) is 0 Å². The number of aliphatic carboxylic acids is 1. The minimum absolute atomic E-state index is 0.696. The van der Waals surface area contributed by atoms with Crippen LogP contribution in [0.25, 0.3) is 0 Å². The molecule has 0 aromatic carbocycles. The number of carbonyl (C=O) groups is 1. The Morgan fingerprint density at radius 1 is 1.55 bits per heavy atom. The van der Waals surface area contributed by atoms with Crippen molar-refractivity contribution in [2.24, 2.45) is 9.98 Å². The Labute approximate surface area is 64.0 Å². The molecule has 1 aliphatic heterocycles. The highest BCUT2D eigenvalue weighted by Crippen LogP contribution is 2.15. The van der Waals surface area contributed by atoms with Crippen molar-refractivity contribution in [3.8, 4) is 0 Å². The van der Waals surface area contributed by atoms with Crippen molar-refractivity contribution in [2.45, 2.75) is 12.6 Å². The van der Waals surface area contributed by atoms with Gasteiger partial charge < -0.3 is 5.11 Å². The lowest BCUT2D eigenvalue weighted by Gasteiger charge is -2.09.